The van der Waals surface area contributed by atoms with Crippen molar-refractivity contribution in [1.82, 2.24) is 0 Å². The Morgan fingerprint density at radius 2 is 0.474 bits per heavy atom. The molecule has 0 unspecified atom stereocenters. The van der Waals surface area contributed by atoms with Crippen molar-refractivity contribution in [2.45, 2.75) is 212 Å². The Morgan fingerprint density at radius 1 is 0.316 bits per heavy atom. The second-order valence-corrected chi connectivity index (χ2v) is 12.9. The van der Waals surface area contributed by atoms with Crippen LogP contribution in [0.25, 0.3) is 0 Å². The van der Waals surface area contributed by atoms with E-state index >= 15 is 0 Å². The van der Waals surface area contributed by atoms with Gasteiger partial charge in [0.1, 0.15) is 0 Å². The van der Waals surface area contributed by atoms with E-state index in [1.165, 1.54) is 198 Å². The zero-order valence-electron chi connectivity index (χ0n) is 25.8. The highest BCUT2D eigenvalue weighted by atomic mass is 79.9. The number of halogens is 1. The summed E-state index contributed by atoms with van der Waals surface area (Å²) in [4.78, 5) is 10.5. The normalized spacial score (nSPS) is 11.4. The summed E-state index contributed by atoms with van der Waals surface area (Å²) in [6, 6.07) is 0. The van der Waals surface area contributed by atoms with Gasteiger partial charge < -0.3 is 5.11 Å². The summed E-state index contributed by atoms with van der Waals surface area (Å²) in [6.07, 6.45) is 45.3. The van der Waals surface area contributed by atoms with Gasteiger partial charge in [-0.3, -0.25) is 4.79 Å². The molecule has 2 nitrogen and oxygen atoms in total. The van der Waals surface area contributed by atoms with Crippen LogP contribution in [0.1, 0.15) is 212 Å². The molecule has 0 aliphatic rings. The van der Waals surface area contributed by atoms with E-state index in [1.54, 1.807) is 0 Å². The lowest BCUT2D eigenvalue weighted by Crippen LogP contribution is -1.93. The topological polar surface area (TPSA) is 37.3 Å². The van der Waals surface area contributed by atoms with E-state index in [0.717, 1.165) is 12.8 Å². The summed E-state index contributed by atoms with van der Waals surface area (Å²) in [6.45, 7) is 0. The van der Waals surface area contributed by atoms with E-state index in [0.29, 0.717) is 6.42 Å². The molecule has 0 radical (unpaired) electrons. The molecule has 3 heteroatoms. The van der Waals surface area contributed by atoms with Gasteiger partial charge in [-0.05, 0) is 12.8 Å². The van der Waals surface area contributed by atoms with Crippen molar-refractivity contribution in [3.63, 3.8) is 0 Å². The molecule has 0 heterocycles. The third kappa shape index (κ3) is 35.9. The van der Waals surface area contributed by atoms with E-state index < -0.39 is 5.97 Å². The minimum absolute atomic E-state index is 0.346. The highest BCUT2D eigenvalue weighted by Crippen LogP contribution is 2.17. The fraction of sp³-hybridized carbons (Fsp3) is 0.971. The van der Waals surface area contributed by atoms with Gasteiger partial charge in [-0.15, -0.1) is 0 Å². The van der Waals surface area contributed by atoms with Crippen molar-refractivity contribution in [2.24, 2.45) is 0 Å². The quantitative estimate of drug-likeness (QED) is 0.0588. The standard InChI is InChI=1S/C35H69BrO2/c36-34-32-30-28-26-24-22-20-18-16-14-12-10-8-6-4-2-1-3-5-7-9-11-13-15-17-19-21-23-25-27-29-31-33-35(37)38/h1-34H2,(H,37,38). The Labute approximate surface area is 248 Å². The molecule has 0 aromatic heterocycles. The summed E-state index contributed by atoms with van der Waals surface area (Å²) in [5.74, 6) is -0.648. The molecule has 38 heavy (non-hydrogen) atoms. The van der Waals surface area contributed by atoms with E-state index in [4.69, 9.17) is 5.11 Å². The van der Waals surface area contributed by atoms with Gasteiger partial charge in [-0.1, -0.05) is 209 Å². The zero-order valence-corrected chi connectivity index (χ0v) is 27.4. The lowest BCUT2D eigenvalue weighted by atomic mass is 10.0. The van der Waals surface area contributed by atoms with Gasteiger partial charge in [0, 0.05) is 11.8 Å². The number of aliphatic carboxylic acids is 1. The molecule has 0 saturated heterocycles. The molecular weight excluding hydrogens is 532 g/mol. The highest BCUT2D eigenvalue weighted by Gasteiger charge is 1.98. The van der Waals surface area contributed by atoms with Crippen molar-refractivity contribution in [3.05, 3.63) is 0 Å². The van der Waals surface area contributed by atoms with E-state index in [9.17, 15) is 4.79 Å². The molecule has 0 fully saturated rings. The smallest absolute Gasteiger partial charge is 0.303 e. The van der Waals surface area contributed by atoms with Crippen LogP contribution in [0, 0.1) is 0 Å². The number of rotatable bonds is 34. The number of unbranched alkanes of at least 4 members (excludes halogenated alkanes) is 31. The molecule has 0 atom stereocenters. The molecule has 0 aliphatic heterocycles. The summed E-state index contributed by atoms with van der Waals surface area (Å²) in [5.41, 5.74) is 0. The third-order valence-electron chi connectivity index (χ3n) is 8.27. The minimum Gasteiger partial charge on any atom is -0.481 e. The first-order chi connectivity index (χ1) is 18.8. The number of alkyl halides is 1. The largest absolute Gasteiger partial charge is 0.481 e. The van der Waals surface area contributed by atoms with Gasteiger partial charge >= 0.3 is 5.97 Å². The van der Waals surface area contributed by atoms with Crippen molar-refractivity contribution >= 4 is 21.9 Å². The number of carbonyl (C=O) groups is 1. The lowest BCUT2D eigenvalue weighted by Gasteiger charge is -2.05. The first-order valence-corrected chi connectivity index (χ1v) is 18.7. The van der Waals surface area contributed by atoms with Gasteiger partial charge in [-0.25, -0.2) is 0 Å². The third-order valence-corrected chi connectivity index (χ3v) is 8.84. The maximum Gasteiger partial charge on any atom is 0.303 e. The molecule has 0 bridgehead atoms. The molecule has 0 spiro atoms. The lowest BCUT2D eigenvalue weighted by molar-refractivity contribution is -0.137. The predicted octanol–water partition coefficient (Wildman–Crippen LogP) is 13.3. The van der Waals surface area contributed by atoms with Crippen LogP contribution < -0.4 is 0 Å². The average molecular weight is 602 g/mol. The van der Waals surface area contributed by atoms with Gasteiger partial charge in [-0.2, -0.15) is 0 Å². The molecular formula is C35H69BrO2. The van der Waals surface area contributed by atoms with Crippen molar-refractivity contribution in [2.75, 3.05) is 5.33 Å². The van der Waals surface area contributed by atoms with Crippen LogP contribution in [0.4, 0.5) is 0 Å². The average Bonchev–Trinajstić information content (AvgIpc) is 2.91. The zero-order chi connectivity index (χ0) is 27.6. The Kier molecular flexibility index (Phi) is 34.9. The predicted molar refractivity (Wildman–Crippen MR) is 174 cm³/mol. The van der Waals surface area contributed by atoms with Crippen LogP contribution in [0.2, 0.25) is 0 Å². The fourth-order valence-electron chi connectivity index (χ4n) is 5.67. The Morgan fingerprint density at radius 3 is 0.632 bits per heavy atom. The maximum atomic E-state index is 10.5. The number of hydrogen-bond acceptors (Lipinski definition) is 1. The van der Waals surface area contributed by atoms with Crippen LogP contribution in [0.3, 0.4) is 0 Å². The van der Waals surface area contributed by atoms with E-state index in [-0.39, 0.29) is 0 Å². The second-order valence-electron chi connectivity index (χ2n) is 12.1. The molecule has 0 aromatic rings. The first-order valence-electron chi connectivity index (χ1n) is 17.5. The second kappa shape index (κ2) is 35.0. The summed E-state index contributed by atoms with van der Waals surface area (Å²) >= 11 is 3.52. The Hall–Kier alpha value is -0.0500. The monoisotopic (exact) mass is 600 g/mol. The number of hydrogen-bond donors (Lipinski definition) is 1. The maximum absolute atomic E-state index is 10.5. The summed E-state index contributed by atoms with van der Waals surface area (Å²) in [7, 11) is 0. The van der Waals surface area contributed by atoms with E-state index in [1.807, 2.05) is 0 Å². The minimum atomic E-state index is -0.648. The molecule has 1 N–H and O–H groups in total. The fourth-order valence-corrected chi connectivity index (χ4v) is 6.07. The van der Waals surface area contributed by atoms with Crippen LogP contribution in [0.5, 0.6) is 0 Å². The van der Waals surface area contributed by atoms with Gasteiger partial charge in [0.15, 0.2) is 0 Å². The Bertz CT molecular complexity index is 440. The SMILES string of the molecule is O=C(O)CCCCCCCCCCCCCCCCCCCCCCCCCCCCCCCCCCBr. The summed E-state index contributed by atoms with van der Waals surface area (Å²) < 4.78 is 0. The van der Waals surface area contributed by atoms with Crippen LogP contribution in [-0.4, -0.2) is 16.4 Å². The van der Waals surface area contributed by atoms with Crippen molar-refractivity contribution < 1.29 is 9.90 Å². The van der Waals surface area contributed by atoms with Crippen molar-refractivity contribution in [1.29, 1.82) is 0 Å². The molecule has 228 valence electrons. The van der Waals surface area contributed by atoms with E-state index in [2.05, 4.69) is 15.9 Å². The molecule has 0 aromatic carbocycles. The number of carboxylic acids is 1. The molecule has 0 saturated carbocycles. The summed E-state index contributed by atoms with van der Waals surface area (Å²) in [5, 5.41) is 9.81. The van der Waals surface area contributed by atoms with Gasteiger partial charge in [0.2, 0.25) is 0 Å². The Balaban J connectivity index is 3.02. The molecule has 0 amide bonds. The van der Waals surface area contributed by atoms with Gasteiger partial charge in [0.05, 0.1) is 0 Å². The van der Waals surface area contributed by atoms with Crippen molar-refractivity contribution in [3.8, 4) is 0 Å². The number of carboxylic acid groups (broad SMARTS) is 1. The molecule has 0 aliphatic carbocycles. The first kappa shape index (κ1) is 38.0. The highest BCUT2D eigenvalue weighted by molar-refractivity contribution is 9.09. The van der Waals surface area contributed by atoms with Gasteiger partial charge in [0.25, 0.3) is 0 Å². The van der Waals surface area contributed by atoms with Crippen LogP contribution in [-0.2, 0) is 4.79 Å². The van der Waals surface area contributed by atoms with Crippen LogP contribution in [0.15, 0.2) is 0 Å². The van der Waals surface area contributed by atoms with Crippen LogP contribution >= 0.6 is 15.9 Å². The molecule has 0 rings (SSSR count).